The molecule has 0 aromatic carbocycles. The predicted molar refractivity (Wildman–Crippen MR) is 105 cm³/mol. The average molecular weight is 391 g/mol. The Hall–Kier alpha value is -2.61. The van der Waals surface area contributed by atoms with Gasteiger partial charge in [0.05, 0.1) is 25.9 Å². The Balaban J connectivity index is 2.05. The van der Waals surface area contributed by atoms with E-state index in [1.807, 2.05) is 25.7 Å². The minimum Gasteiger partial charge on any atom is -0.496 e. The third kappa shape index (κ3) is 3.49. The van der Waals surface area contributed by atoms with Crippen molar-refractivity contribution < 1.29 is 9.53 Å². The van der Waals surface area contributed by atoms with Crippen LogP contribution < -0.4 is 20.3 Å². The van der Waals surface area contributed by atoms with Crippen molar-refractivity contribution in [2.45, 2.75) is 33.7 Å². The second kappa shape index (κ2) is 7.56. The number of nitrogen functional groups attached to an aromatic ring is 1. The van der Waals surface area contributed by atoms with Crippen LogP contribution in [0.25, 0.3) is 0 Å². The van der Waals surface area contributed by atoms with Crippen molar-refractivity contribution in [2.75, 3.05) is 35.7 Å². The zero-order valence-electron chi connectivity index (χ0n) is 15.9. The maximum absolute atomic E-state index is 12.7. The summed E-state index contributed by atoms with van der Waals surface area (Å²) in [5.74, 6) is 1.34. The Labute approximate surface area is 163 Å². The Morgan fingerprint density at radius 3 is 2.74 bits per heavy atom. The number of halogens is 1. The summed E-state index contributed by atoms with van der Waals surface area (Å²) in [4.78, 5) is 29.1. The Morgan fingerprint density at radius 1 is 1.33 bits per heavy atom. The third-order valence-electron chi connectivity index (χ3n) is 4.57. The second-order valence-electron chi connectivity index (χ2n) is 6.49. The number of nitrogens with two attached hydrogens (primary N) is 1. The van der Waals surface area contributed by atoms with Crippen LogP contribution in [0, 0.1) is 13.8 Å². The van der Waals surface area contributed by atoms with Crippen LogP contribution in [0.1, 0.15) is 30.2 Å². The molecule has 0 bridgehead atoms. The molecule has 2 N–H and O–H groups in total. The molecule has 8 nitrogen and oxygen atoms in total. The molecule has 0 saturated carbocycles. The topological polar surface area (TPSA) is 97.5 Å². The van der Waals surface area contributed by atoms with Crippen LogP contribution in [0.5, 0.6) is 5.75 Å². The first-order chi connectivity index (χ1) is 12.9. The number of hydrogen-bond donors (Lipinski definition) is 1. The molecule has 0 unspecified atom stereocenters. The van der Waals surface area contributed by atoms with Gasteiger partial charge >= 0.3 is 0 Å². The number of aryl methyl sites for hydroxylation is 1. The van der Waals surface area contributed by atoms with Gasteiger partial charge in [-0.3, -0.25) is 9.78 Å². The summed E-state index contributed by atoms with van der Waals surface area (Å²) in [5.41, 5.74) is 9.00. The number of carbonyl (C=O) groups excluding carboxylic acids is 1. The van der Waals surface area contributed by atoms with E-state index in [-0.39, 0.29) is 23.6 Å². The Kier molecular flexibility index (Phi) is 5.36. The van der Waals surface area contributed by atoms with Gasteiger partial charge in [0.2, 0.25) is 11.9 Å². The molecular formula is C18H23ClN6O2. The van der Waals surface area contributed by atoms with Crippen LogP contribution in [0.3, 0.4) is 0 Å². The highest BCUT2D eigenvalue weighted by atomic mass is 35.5. The molecule has 3 heterocycles. The number of fused-ring (bicyclic) bond motifs is 1. The van der Waals surface area contributed by atoms with Gasteiger partial charge in [0, 0.05) is 23.9 Å². The SMILES string of the molecule is CCCN1C(=O)CN(Cc2ncc(C)c(OC)c2C)c2nc(N)nc(Cl)c21. The maximum Gasteiger partial charge on any atom is 0.246 e. The molecule has 0 spiro atoms. The number of hydrogen-bond acceptors (Lipinski definition) is 7. The van der Waals surface area contributed by atoms with Gasteiger partial charge < -0.3 is 20.3 Å². The first kappa shape index (κ1) is 19.2. The second-order valence-corrected chi connectivity index (χ2v) is 6.85. The molecule has 3 rings (SSSR count). The normalized spacial score (nSPS) is 13.7. The van der Waals surface area contributed by atoms with Gasteiger partial charge in [0.1, 0.15) is 11.4 Å². The molecule has 27 heavy (non-hydrogen) atoms. The maximum atomic E-state index is 12.7. The lowest BCUT2D eigenvalue weighted by Crippen LogP contribution is -2.47. The van der Waals surface area contributed by atoms with Crippen molar-refractivity contribution in [1.29, 1.82) is 0 Å². The quantitative estimate of drug-likeness (QED) is 0.783. The lowest BCUT2D eigenvalue weighted by atomic mass is 10.1. The minimum atomic E-state index is -0.0589. The summed E-state index contributed by atoms with van der Waals surface area (Å²) in [6, 6.07) is 0. The van der Waals surface area contributed by atoms with E-state index in [4.69, 9.17) is 22.1 Å². The Morgan fingerprint density at radius 2 is 2.07 bits per heavy atom. The molecule has 1 amide bonds. The first-order valence-corrected chi connectivity index (χ1v) is 9.12. The van der Waals surface area contributed by atoms with Crippen LogP contribution in [-0.2, 0) is 11.3 Å². The highest BCUT2D eigenvalue weighted by Gasteiger charge is 2.33. The number of amides is 1. The van der Waals surface area contributed by atoms with Gasteiger partial charge in [0.25, 0.3) is 0 Å². The highest BCUT2D eigenvalue weighted by Crippen LogP contribution is 2.38. The van der Waals surface area contributed by atoms with Crippen molar-refractivity contribution in [3.05, 3.63) is 28.2 Å². The predicted octanol–water partition coefficient (Wildman–Crippen LogP) is 2.50. The fourth-order valence-electron chi connectivity index (χ4n) is 3.34. The van der Waals surface area contributed by atoms with E-state index >= 15 is 0 Å². The van der Waals surface area contributed by atoms with Crippen LogP contribution in [0.15, 0.2) is 6.20 Å². The largest absolute Gasteiger partial charge is 0.496 e. The van der Waals surface area contributed by atoms with E-state index in [0.717, 1.165) is 29.0 Å². The Bertz CT molecular complexity index is 889. The average Bonchev–Trinajstić information content (AvgIpc) is 2.61. The van der Waals surface area contributed by atoms with Crippen molar-refractivity contribution in [3.63, 3.8) is 0 Å². The molecule has 0 aliphatic carbocycles. The number of rotatable bonds is 5. The van der Waals surface area contributed by atoms with E-state index in [1.165, 1.54) is 0 Å². The highest BCUT2D eigenvalue weighted by molar-refractivity contribution is 6.33. The minimum absolute atomic E-state index is 0.0589. The number of carbonyl (C=O) groups is 1. The summed E-state index contributed by atoms with van der Waals surface area (Å²) in [7, 11) is 1.63. The van der Waals surface area contributed by atoms with Gasteiger partial charge in [-0.1, -0.05) is 18.5 Å². The molecule has 1 aliphatic rings. The zero-order valence-corrected chi connectivity index (χ0v) is 16.7. The monoisotopic (exact) mass is 390 g/mol. The summed E-state index contributed by atoms with van der Waals surface area (Å²) >= 11 is 6.32. The summed E-state index contributed by atoms with van der Waals surface area (Å²) in [5, 5.41) is 0.176. The summed E-state index contributed by atoms with van der Waals surface area (Å²) in [6.45, 7) is 6.98. The van der Waals surface area contributed by atoms with E-state index in [1.54, 1.807) is 18.2 Å². The molecule has 0 atom stereocenters. The van der Waals surface area contributed by atoms with Crippen LogP contribution in [-0.4, -0.2) is 41.1 Å². The number of pyridine rings is 1. The molecule has 2 aromatic rings. The standard InChI is InChI=1S/C18H23ClN6O2/c1-5-6-25-13(26)9-24(17-14(25)16(19)22-18(20)23-17)8-12-11(3)15(27-4)10(2)7-21-12/h7H,5-6,8-9H2,1-4H3,(H2,20,22,23). The molecule has 9 heteroatoms. The third-order valence-corrected chi connectivity index (χ3v) is 4.84. The van der Waals surface area contributed by atoms with Crippen LogP contribution in [0.4, 0.5) is 17.5 Å². The van der Waals surface area contributed by atoms with Crippen molar-refractivity contribution in [2.24, 2.45) is 0 Å². The molecule has 0 saturated heterocycles. The van der Waals surface area contributed by atoms with E-state index in [0.29, 0.717) is 24.6 Å². The first-order valence-electron chi connectivity index (χ1n) is 8.74. The van der Waals surface area contributed by atoms with Gasteiger partial charge in [-0.2, -0.15) is 9.97 Å². The molecule has 1 aliphatic heterocycles. The number of methoxy groups -OCH3 is 1. The molecular weight excluding hydrogens is 368 g/mol. The fraction of sp³-hybridized carbons (Fsp3) is 0.444. The number of nitrogens with zero attached hydrogens (tertiary/aromatic N) is 5. The van der Waals surface area contributed by atoms with E-state index < -0.39 is 0 Å². The lowest BCUT2D eigenvalue weighted by molar-refractivity contribution is -0.117. The van der Waals surface area contributed by atoms with Crippen molar-refractivity contribution in [1.82, 2.24) is 15.0 Å². The number of anilines is 3. The van der Waals surface area contributed by atoms with Gasteiger partial charge in [0.15, 0.2) is 11.0 Å². The van der Waals surface area contributed by atoms with Crippen molar-refractivity contribution >= 4 is 35.0 Å². The van der Waals surface area contributed by atoms with Crippen molar-refractivity contribution in [3.8, 4) is 5.75 Å². The molecule has 2 aromatic heterocycles. The van der Waals surface area contributed by atoms with E-state index in [2.05, 4.69) is 15.0 Å². The molecule has 0 radical (unpaired) electrons. The van der Waals surface area contributed by atoms with Gasteiger partial charge in [-0.25, -0.2) is 0 Å². The van der Waals surface area contributed by atoms with Gasteiger partial charge in [-0.15, -0.1) is 0 Å². The van der Waals surface area contributed by atoms with Gasteiger partial charge in [-0.05, 0) is 20.3 Å². The molecule has 144 valence electrons. The smallest absolute Gasteiger partial charge is 0.246 e. The lowest BCUT2D eigenvalue weighted by Gasteiger charge is -2.36. The van der Waals surface area contributed by atoms with Crippen LogP contribution in [0.2, 0.25) is 5.15 Å². The number of aromatic nitrogens is 3. The molecule has 0 fully saturated rings. The zero-order chi connectivity index (χ0) is 19.7. The fourth-order valence-corrected chi connectivity index (χ4v) is 3.61. The van der Waals surface area contributed by atoms with E-state index in [9.17, 15) is 4.79 Å². The van der Waals surface area contributed by atoms with Crippen LogP contribution >= 0.6 is 11.6 Å². The number of ether oxygens (including phenoxy) is 1. The summed E-state index contributed by atoms with van der Waals surface area (Å²) < 4.78 is 5.48. The summed E-state index contributed by atoms with van der Waals surface area (Å²) in [6.07, 6.45) is 2.56.